The molecule has 1 aliphatic rings. The molecule has 2 heteroatoms. The molecule has 2 nitrogen and oxygen atoms in total. The Bertz CT molecular complexity index is 158. The van der Waals surface area contributed by atoms with Gasteiger partial charge in [-0.15, -0.1) is 0 Å². The molecule has 0 saturated carbocycles. The first-order chi connectivity index (χ1) is 6.56. The van der Waals surface area contributed by atoms with Crippen molar-refractivity contribution in [3.05, 3.63) is 0 Å². The van der Waals surface area contributed by atoms with Crippen LogP contribution in [0.3, 0.4) is 0 Å². The molecular weight excluding hydrogens is 174 g/mol. The summed E-state index contributed by atoms with van der Waals surface area (Å²) in [5.41, 5.74) is 0. The van der Waals surface area contributed by atoms with E-state index in [0.717, 1.165) is 6.61 Å². The molecule has 0 spiro atoms. The summed E-state index contributed by atoms with van der Waals surface area (Å²) in [4.78, 5) is 2.61. The van der Waals surface area contributed by atoms with Gasteiger partial charge >= 0.3 is 0 Å². The van der Waals surface area contributed by atoms with Crippen LogP contribution in [0.15, 0.2) is 0 Å². The number of hydrogen-bond acceptors (Lipinski definition) is 2. The average Bonchev–Trinajstić information content (AvgIpc) is 2.01. The largest absolute Gasteiger partial charge is 0.378 e. The Hall–Kier alpha value is -0.0800. The topological polar surface area (TPSA) is 12.5 Å². The Morgan fingerprint density at radius 1 is 1.21 bits per heavy atom. The zero-order chi connectivity index (χ0) is 10.7. The van der Waals surface area contributed by atoms with Crippen LogP contribution in [-0.4, -0.2) is 35.7 Å². The lowest BCUT2D eigenvalue weighted by molar-refractivity contribution is -0.0401. The second kappa shape index (κ2) is 5.13. The molecule has 14 heavy (non-hydrogen) atoms. The van der Waals surface area contributed by atoms with Crippen molar-refractivity contribution in [1.82, 2.24) is 4.90 Å². The summed E-state index contributed by atoms with van der Waals surface area (Å²) in [6, 6.07) is 1.98. The van der Waals surface area contributed by atoms with E-state index in [1.165, 1.54) is 12.8 Å². The summed E-state index contributed by atoms with van der Waals surface area (Å²) in [6.07, 6.45) is 2.87. The van der Waals surface area contributed by atoms with E-state index in [0.29, 0.717) is 24.2 Å². The fourth-order valence-electron chi connectivity index (χ4n) is 2.92. The monoisotopic (exact) mass is 199 g/mol. The lowest BCUT2D eigenvalue weighted by Crippen LogP contribution is -2.51. The molecule has 0 radical (unpaired) electrons. The van der Waals surface area contributed by atoms with E-state index in [1.54, 1.807) is 0 Å². The molecule has 1 aliphatic heterocycles. The number of nitrogens with zero attached hydrogens (tertiary/aromatic N) is 1. The van der Waals surface area contributed by atoms with Gasteiger partial charge in [-0.2, -0.15) is 0 Å². The molecule has 0 bridgehead atoms. The molecule has 0 aromatic heterocycles. The number of rotatable bonds is 3. The first-order valence-electron chi connectivity index (χ1n) is 5.95. The Balaban J connectivity index is 2.54. The summed E-state index contributed by atoms with van der Waals surface area (Å²) in [5.74, 6) is 0. The highest BCUT2D eigenvalue weighted by atomic mass is 16.5. The summed E-state index contributed by atoms with van der Waals surface area (Å²) >= 11 is 0. The summed E-state index contributed by atoms with van der Waals surface area (Å²) < 4.78 is 5.73. The Morgan fingerprint density at radius 2 is 1.71 bits per heavy atom. The van der Waals surface area contributed by atoms with E-state index >= 15 is 0 Å². The lowest BCUT2D eigenvalue weighted by atomic mass is 9.93. The third kappa shape index (κ3) is 2.71. The van der Waals surface area contributed by atoms with Gasteiger partial charge in [-0.05, 0) is 47.5 Å². The molecule has 1 heterocycles. The SMILES string of the molecule is CCOC1C[C@@H](C)N(C(C)C)[C@@H](C)C1. The van der Waals surface area contributed by atoms with Crippen molar-refractivity contribution in [3.8, 4) is 0 Å². The highest BCUT2D eigenvalue weighted by Gasteiger charge is 2.32. The number of hydrogen-bond donors (Lipinski definition) is 0. The van der Waals surface area contributed by atoms with Crippen LogP contribution in [0.1, 0.15) is 47.5 Å². The third-order valence-corrected chi connectivity index (χ3v) is 3.22. The van der Waals surface area contributed by atoms with Crippen LogP contribution in [0.5, 0.6) is 0 Å². The molecule has 1 fully saturated rings. The van der Waals surface area contributed by atoms with E-state index in [4.69, 9.17) is 4.74 Å². The smallest absolute Gasteiger partial charge is 0.0604 e. The normalized spacial score (nSPS) is 35.1. The van der Waals surface area contributed by atoms with Gasteiger partial charge in [0, 0.05) is 24.7 Å². The van der Waals surface area contributed by atoms with E-state index in [-0.39, 0.29) is 0 Å². The fourth-order valence-corrected chi connectivity index (χ4v) is 2.92. The van der Waals surface area contributed by atoms with Gasteiger partial charge in [-0.25, -0.2) is 0 Å². The van der Waals surface area contributed by atoms with Crippen molar-refractivity contribution in [2.75, 3.05) is 6.61 Å². The van der Waals surface area contributed by atoms with E-state index < -0.39 is 0 Å². The molecule has 1 rings (SSSR count). The predicted molar refractivity (Wildman–Crippen MR) is 60.5 cm³/mol. The number of ether oxygens (including phenoxy) is 1. The number of piperidine rings is 1. The molecule has 0 aliphatic carbocycles. The predicted octanol–water partition coefficient (Wildman–Crippen LogP) is 2.67. The van der Waals surface area contributed by atoms with Gasteiger partial charge in [0.1, 0.15) is 0 Å². The van der Waals surface area contributed by atoms with Gasteiger partial charge in [0.2, 0.25) is 0 Å². The van der Waals surface area contributed by atoms with Crippen molar-refractivity contribution in [2.24, 2.45) is 0 Å². The second-order valence-corrected chi connectivity index (χ2v) is 4.79. The maximum atomic E-state index is 5.73. The lowest BCUT2D eigenvalue weighted by Gasteiger charge is -2.44. The van der Waals surface area contributed by atoms with Crippen LogP contribution < -0.4 is 0 Å². The second-order valence-electron chi connectivity index (χ2n) is 4.79. The van der Waals surface area contributed by atoms with Gasteiger partial charge in [-0.1, -0.05) is 0 Å². The maximum absolute atomic E-state index is 5.73. The third-order valence-electron chi connectivity index (χ3n) is 3.22. The minimum absolute atomic E-state index is 0.486. The van der Waals surface area contributed by atoms with Crippen LogP contribution in [0.4, 0.5) is 0 Å². The zero-order valence-corrected chi connectivity index (χ0v) is 10.3. The van der Waals surface area contributed by atoms with Gasteiger partial charge in [0.25, 0.3) is 0 Å². The Kier molecular flexibility index (Phi) is 4.39. The fraction of sp³-hybridized carbons (Fsp3) is 1.00. The Labute approximate surface area is 88.6 Å². The summed E-state index contributed by atoms with van der Waals surface area (Å²) in [5, 5.41) is 0. The van der Waals surface area contributed by atoms with Crippen molar-refractivity contribution < 1.29 is 4.74 Å². The van der Waals surface area contributed by atoms with Gasteiger partial charge in [-0.3, -0.25) is 4.90 Å². The van der Waals surface area contributed by atoms with Gasteiger partial charge in [0.05, 0.1) is 6.10 Å². The first kappa shape index (κ1) is 12.0. The van der Waals surface area contributed by atoms with Gasteiger partial charge < -0.3 is 4.74 Å². The van der Waals surface area contributed by atoms with Crippen LogP contribution in [0.2, 0.25) is 0 Å². The average molecular weight is 199 g/mol. The molecule has 0 aromatic rings. The van der Waals surface area contributed by atoms with Crippen LogP contribution in [0.25, 0.3) is 0 Å². The molecule has 1 unspecified atom stereocenters. The van der Waals surface area contributed by atoms with E-state index in [9.17, 15) is 0 Å². The molecule has 84 valence electrons. The minimum Gasteiger partial charge on any atom is -0.378 e. The van der Waals surface area contributed by atoms with E-state index in [1.807, 2.05) is 0 Å². The molecule has 0 N–H and O–H groups in total. The van der Waals surface area contributed by atoms with Crippen LogP contribution in [0, 0.1) is 0 Å². The van der Waals surface area contributed by atoms with Crippen LogP contribution >= 0.6 is 0 Å². The Morgan fingerprint density at radius 3 is 2.07 bits per heavy atom. The molecule has 0 aromatic carbocycles. The maximum Gasteiger partial charge on any atom is 0.0604 e. The summed E-state index contributed by atoms with van der Waals surface area (Å²) in [7, 11) is 0. The molecular formula is C12H25NO. The van der Waals surface area contributed by atoms with Crippen molar-refractivity contribution in [2.45, 2.75) is 71.7 Å². The van der Waals surface area contributed by atoms with E-state index in [2.05, 4.69) is 39.5 Å². The first-order valence-corrected chi connectivity index (χ1v) is 5.95. The zero-order valence-electron chi connectivity index (χ0n) is 10.3. The van der Waals surface area contributed by atoms with Crippen molar-refractivity contribution in [3.63, 3.8) is 0 Å². The quantitative estimate of drug-likeness (QED) is 0.693. The summed E-state index contributed by atoms with van der Waals surface area (Å²) in [6.45, 7) is 12.2. The molecule has 3 atom stereocenters. The van der Waals surface area contributed by atoms with Crippen molar-refractivity contribution >= 4 is 0 Å². The molecule has 1 saturated heterocycles. The van der Waals surface area contributed by atoms with Gasteiger partial charge in [0.15, 0.2) is 0 Å². The minimum atomic E-state index is 0.486. The van der Waals surface area contributed by atoms with Crippen LogP contribution in [-0.2, 0) is 4.74 Å². The van der Waals surface area contributed by atoms with Crippen molar-refractivity contribution in [1.29, 1.82) is 0 Å². The highest BCUT2D eigenvalue weighted by molar-refractivity contribution is 4.86. The standard InChI is InChI=1S/C12H25NO/c1-6-14-12-7-10(4)13(9(2)3)11(5)8-12/h9-12H,6-8H2,1-5H3/t10-,11+,12?. The number of likely N-dealkylation sites (tertiary alicyclic amines) is 1. The highest BCUT2D eigenvalue weighted by Crippen LogP contribution is 2.26. The molecule has 0 amide bonds.